The first-order valence-corrected chi connectivity index (χ1v) is 9.59. The minimum Gasteiger partial charge on any atom is -0.338 e. The van der Waals surface area contributed by atoms with Gasteiger partial charge in [0.1, 0.15) is 5.82 Å². The van der Waals surface area contributed by atoms with Crippen molar-refractivity contribution in [1.82, 2.24) is 19.9 Å². The third-order valence-corrected chi connectivity index (χ3v) is 5.30. The number of rotatable bonds is 5. The summed E-state index contributed by atoms with van der Waals surface area (Å²) in [4.78, 5) is 9.36. The Balaban J connectivity index is 1.38. The number of benzene rings is 2. The molecular formula is C22H25FN4O. The van der Waals surface area contributed by atoms with E-state index in [-0.39, 0.29) is 11.4 Å². The molecule has 5 nitrogen and oxygen atoms in total. The van der Waals surface area contributed by atoms with Gasteiger partial charge in [-0.1, -0.05) is 35.5 Å². The van der Waals surface area contributed by atoms with Crippen molar-refractivity contribution in [3.63, 3.8) is 0 Å². The SMILES string of the molecule is CC1(C)CN(Cc2nc(-c3ccc(F)cc3)no2)CCN1Cc1ccccc1. The fourth-order valence-corrected chi connectivity index (χ4v) is 3.75. The van der Waals surface area contributed by atoms with E-state index in [4.69, 9.17) is 4.52 Å². The Bertz CT molecular complexity index is 908. The highest BCUT2D eigenvalue weighted by atomic mass is 19.1. The Kier molecular flexibility index (Phi) is 5.24. The van der Waals surface area contributed by atoms with Crippen LogP contribution in [0, 0.1) is 5.82 Å². The minimum atomic E-state index is -0.275. The van der Waals surface area contributed by atoms with E-state index in [0.29, 0.717) is 18.3 Å². The summed E-state index contributed by atoms with van der Waals surface area (Å²) >= 11 is 0. The molecule has 0 N–H and O–H groups in total. The van der Waals surface area contributed by atoms with Crippen LogP contribution in [0.2, 0.25) is 0 Å². The number of halogens is 1. The van der Waals surface area contributed by atoms with E-state index < -0.39 is 0 Å². The molecular weight excluding hydrogens is 355 g/mol. The van der Waals surface area contributed by atoms with Crippen molar-refractivity contribution in [2.45, 2.75) is 32.5 Å². The molecule has 1 aliphatic rings. The fraction of sp³-hybridized carbons (Fsp3) is 0.364. The van der Waals surface area contributed by atoms with Gasteiger partial charge in [0.15, 0.2) is 0 Å². The van der Waals surface area contributed by atoms with E-state index in [2.05, 4.69) is 64.1 Å². The van der Waals surface area contributed by atoms with Gasteiger partial charge in [0.05, 0.1) is 6.54 Å². The number of nitrogens with zero attached hydrogens (tertiary/aromatic N) is 4. The van der Waals surface area contributed by atoms with Gasteiger partial charge in [0.25, 0.3) is 0 Å². The normalized spacial score (nSPS) is 17.7. The molecule has 0 radical (unpaired) electrons. The van der Waals surface area contributed by atoms with Crippen LogP contribution < -0.4 is 0 Å². The molecule has 6 heteroatoms. The van der Waals surface area contributed by atoms with E-state index >= 15 is 0 Å². The molecule has 1 aliphatic heterocycles. The fourth-order valence-electron chi connectivity index (χ4n) is 3.75. The molecule has 0 amide bonds. The summed E-state index contributed by atoms with van der Waals surface area (Å²) in [7, 11) is 0. The molecule has 4 rings (SSSR count). The topological polar surface area (TPSA) is 45.4 Å². The Morgan fingerprint density at radius 3 is 2.46 bits per heavy atom. The number of piperazine rings is 1. The van der Waals surface area contributed by atoms with Gasteiger partial charge in [0.2, 0.25) is 11.7 Å². The lowest BCUT2D eigenvalue weighted by atomic mass is 9.97. The summed E-state index contributed by atoms with van der Waals surface area (Å²) in [5.74, 6) is 0.812. The summed E-state index contributed by atoms with van der Waals surface area (Å²) in [5, 5.41) is 4.04. The van der Waals surface area contributed by atoms with Crippen molar-refractivity contribution in [2.24, 2.45) is 0 Å². The van der Waals surface area contributed by atoms with E-state index in [0.717, 1.165) is 31.7 Å². The molecule has 1 saturated heterocycles. The number of hydrogen-bond acceptors (Lipinski definition) is 5. The van der Waals surface area contributed by atoms with Crippen LogP contribution >= 0.6 is 0 Å². The monoisotopic (exact) mass is 380 g/mol. The summed E-state index contributed by atoms with van der Waals surface area (Å²) in [6, 6.07) is 16.7. The van der Waals surface area contributed by atoms with Gasteiger partial charge in [-0.3, -0.25) is 9.80 Å². The highest BCUT2D eigenvalue weighted by Gasteiger charge is 2.34. The van der Waals surface area contributed by atoms with Gasteiger partial charge in [0, 0.05) is 37.3 Å². The van der Waals surface area contributed by atoms with Crippen LogP contribution in [0.3, 0.4) is 0 Å². The lowest BCUT2D eigenvalue weighted by molar-refractivity contribution is 0.00649. The van der Waals surface area contributed by atoms with Crippen molar-refractivity contribution < 1.29 is 8.91 Å². The summed E-state index contributed by atoms with van der Waals surface area (Å²) in [5.41, 5.74) is 2.14. The third kappa shape index (κ3) is 4.29. The van der Waals surface area contributed by atoms with Crippen molar-refractivity contribution >= 4 is 0 Å². The number of hydrogen-bond donors (Lipinski definition) is 0. The minimum absolute atomic E-state index is 0.0495. The average Bonchev–Trinajstić information content (AvgIpc) is 3.13. The van der Waals surface area contributed by atoms with Crippen LogP contribution in [0.1, 0.15) is 25.3 Å². The van der Waals surface area contributed by atoms with Crippen molar-refractivity contribution in [3.05, 3.63) is 71.9 Å². The molecule has 2 aromatic carbocycles. The standard InChI is InChI=1S/C22H25FN4O/c1-22(2)16-26(12-13-27(22)14-17-6-4-3-5-7-17)15-20-24-21(25-28-20)18-8-10-19(23)11-9-18/h3-11H,12-16H2,1-2H3. The van der Waals surface area contributed by atoms with Crippen molar-refractivity contribution in [1.29, 1.82) is 0 Å². The zero-order valence-corrected chi connectivity index (χ0v) is 16.3. The van der Waals surface area contributed by atoms with E-state index in [1.54, 1.807) is 12.1 Å². The smallest absolute Gasteiger partial charge is 0.241 e. The van der Waals surface area contributed by atoms with E-state index in [1.165, 1.54) is 17.7 Å². The van der Waals surface area contributed by atoms with Gasteiger partial charge in [-0.2, -0.15) is 4.98 Å². The van der Waals surface area contributed by atoms with Crippen LogP contribution in [-0.2, 0) is 13.1 Å². The Hall–Kier alpha value is -2.57. The largest absolute Gasteiger partial charge is 0.338 e. The van der Waals surface area contributed by atoms with Crippen molar-refractivity contribution in [2.75, 3.05) is 19.6 Å². The average molecular weight is 380 g/mol. The zero-order chi connectivity index (χ0) is 19.6. The van der Waals surface area contributed by atoms with Crippen LogP contribution in [0.15, 0.2) is 59.1 Å². The van der Waals surface area contributed by atoms with E-state index in [9.17, 15) is 4.39 Å². The molecule has 0 aliphatic carbocycles. The Morgan fingerprint density at radius 2 is 1.75 bits per heavy atom. The highest BCUT2D eigenvalue weighted by Crippen LogP contribution is 2.25. The molecule has 1 fully saturated rings. The highest BCUT2D eigenvalue weighted by molar-refractivity contribution is 5.53. The number of aromatic nitrogens is 2. The van der Waals surface area contributed by atoms with Gasteiger partial charge < -0.3 is 4.52 Å². The van der Waals surface area contributed by atoms with Gasteiger partial charge >= 0.3 is 0 Å². The van der Waals surface area contributed by atoms with Gasteiger partial charge in [-0.25, -0.2) is 4.39 Å². The molecule has 146 valence electrons. The first kappa shape index (κ1) is 18.8. The van der Waals surface area contributed by atoms with Gasteiger partial charge in [-0.15, -0.1) is 0 Å². The van der Waals surface area contributed by atoms with Crippen LogP contribution in [0.25, 0.3) is 11.4 Å². The predicted molar refractivity (Wildman–Crippen MR) is 106 cm³/mol. The summed E-state index contributed by atoms with van der Waals surface area (Å²) in [6.45, 7) is 8.99. The van der Waals surface area contributed by atoms with Crippen LogP contribution in [0.5, 0.6) is 0 Å². The first-order valence-electron chi connectivity index (χ1n) is 9.59. The van der Waals surface area contributed by atoms with Crippen LogP contribution in [-0.4, -0.2) is 45.1 Å². The Morgan fingerprint density at radius 1 is 1.00 bits per heavy atom. The zero-order valence-electron chi connectivity index (χ0n) is 16.3. The maximum atomic E-state index is 13.1. The van der Waals surface area contributed by atoms with Crippen molar-refractivity contribution in [3.8, 4) is 11.4 Å². The maximum Gasteiger partial charge on any atom is 0.241 e. The lowest BCUT2D eigenvalue weighted by Crippen LogP contribution is -2.58. The molecule has 1 aromatic heterocycles. The predicted octanol–water partition coefficient (Wildman–Crippen LogP) is 3.97. The Labute approximate surface area is 164 Å². The summed E-state index contributed by atoms with van der Waals surface area (Å²) < 4.78 is 18.5. The molecule has 0 atom stereocenters. The molecule has 2 heterocycles. The third-order valence-electron chi connectivity index (χ3n) is 5.30. The molecule has 0 unspecified atom stereocenters. The van der Waals surface area contributed by atoms with Crippen LogP contribution in [0.4, 0.5) is 4.39 Å². The molecule has 0 spiro atoms. The molecule has 3 aromatic rings. The van der Waals surface area contributed by atoms with E-state index in [1.807, 2.05) is 0 Å². The van der Waals surface area contributed by atoms with Gasteiger partial charge in [-0.05, 0) is 43.7 Å². The second-order valence-corrected chi connectivity index (χ2v) is 7.95. The lowest BCUT2D eigenvalue weighted by Gasteiger charge is -2.47. The molecule has 28 heavy (non-hydrogen) atoms. The molecule has 0 bridgehead atoms. The second-order valence-electron chi connectivity index (χ2n) is 7.95. The first-order chi connectivity index (χ1) is 13.5. The quantitative estimate of drug-likeness (QED) is 0.670. The maximum absolute atomic E-state index is 13.1. The summed E-state index contributed by atoms with van der Waals surface area (Å²) in [6.07, 6.45) is 0. The second kappa shape index (κ2) is 7.81. The molecule has 0 saturated carbocycles.